The maximum atomic E-state index is 12.7. The molecule has 1 saturated heterocycles. The van der Waals surface area contributed by atoms with E-state index in [1.54, 1.807) is 60.5 Å². The van der Waals surface area contributed by atoms with E-state index in [9.17, 15) is 14.4 Å². The smallest absolute Gasteiger partial charge is 0.262 e. The van der Waals surface area contributed by atoms with Gasteiger partial charge in [-0.2, -0.15) is 0 Å². The summed E-state index contributed by atoms with van der Waals surface area (Å²) >= 11 is 0. The molecule has 1 atom stereocenters. The van der Waals surface area contributed by atoms with Gasteiger partial charge in [0.2, 0.25) is 11.8 Å². The van der Waals surface area contributed by atoms with Gasteiger partial charge in [0.15, 0.2) is 6.61 Å². The Balaban J connectivity index is 1.24. The molecular formula is C29H31N3O6. The van der Waals surface area contributed by atoms with Crippen LogP contribution in [0.15, 0.2) is 72.8 Å². The first kappa shape index (κ1) is 26.5. The third-order valence-electron chi connectivity index (χ3n) is 6.09. The van der Waals surface area contributed by atoms with E-state index in [4.69, 9.17) is 14.2 Å². The molecular weight excluding hydrogens is 486 g/mol. The largest absolute Gasteiger partial charge is 0.497 e. The van der Waals surface area contributed by atoms with E-state index in [2.05, 4.69) is 10.6 Å². The zero-order valence-electron chi connectivity index (χ0n) is 21.4. The minimum absolute atomic E-state index is 0.113. The number of hydrogen-bond donors (Lipinski definition) is 2. The van der Waals surface area contributed by atoms with E-state index in [0.717, 1.165) is 17.1 Å². The molecule has 1 aliphatic heterocycles. The van der Waals surface area contributed by atoms with Gasteiger partial charge in [0.25, 0.3) is 5.91 Å². The fourth-order valence-corrected chi connectivity index (χ4v) is 4.08. The first-order valence-electron chi connectivity index (χ1n) is 12.4. The lowest BCUT2D eigenvalue weighted by Gasteiger charge is -2.17. The molecule has 198 valence electrons. The maximum Gasteiger partial charge on any atom is 0.262 e. The number of anilines is 2. The number of ether oxygens (including phenoxy) is 3. The van der Waals surface area contributed by atoms with Gasteiger partial charge in [-0.15, -0.1) is 0 Å². The first-order valence-corrected chi connectivity index (χ1v) is 12.4. The van der Waals surface area contributed by atoms with Gasteiger partial charge in [-0.1, -0.05) is 12.1 Å². The minimum atomic E-state index is -0.428. The van der Waals surface area contributed by atoms with Gasteiger partial charge < -0.3 is 29.7 Å². The van der Waals surface area contributed by atoms with Crippen LogP contribution in [-0.2, 0) is 20.9 Å². The molecule has 2 N–H and O–H groups in total. The number of hydrogen-bond acceptors (Lipinski definition) is 6. The molecule has 3 aromatic rings. The number of carbonyl (C=O) groups is 3. The zero-order valence-corrected chi connectivity index (χ0v) is 21.4. The topological polar surface area (TPSA) is 106 Å². The molecule has 0 radical (unpaired) electrons. The fourth-order valence-electron chi connectivity index (χ4n) is 4.08. The van der Waals surface area contributed by atoms with Crippen molar-refractivity contribution in [2.75, 3.05) is 37.1 Å². The summed E-state index contributed by atoms with van der Waals surface area (Å²) in [6.45, 7) is 3.01. The van der Waals surface area contributed by atoms with Crippen LogP contribution in [0.1, 0.15) is 18.9 Å². The normalized spacial score (nSPS) is 14.6. The Kier molecular flexibility index (Phi) is 8.81. The number of nitrogens with one attached hydrogen (secondary N) is 2. The van der Waals surface area contributed by atoms with Crippen molar-refractivity contribution in [2.24, 2.45) is 5.92 Å². The molecule has 0 saturated carbocycles. The van der Waals surface area contributed by atoms with E-state index in [1.165, 1.54) is 0 Å². The number of benzene rings is 3. The number of carbonyl (C=O) groups excluding carboxylic acids is 3. The summed E-state index contributed by atoms with van der Waals surface area (Å²) in [6, 6.07) is 21.4. The highest BCUT2D eigenvalue weighted by atomic mass is 16.5. The average Bonchev–Trinajstić information content (AvgIpc) is 3.34. The lowest BCUT2D eigenvalue weighted by Crippen LogP contribution is -2.32. The molecule has 1 fully saturated rings. The van der Waals surface area contributed by atoms with Crippen LogP contribution in [0.2, 0.25) is 0 Å². The van der Waals surface area contributed by atoms with Gasteiger partial charge in [0.1, 0.15) is 17.2 Å². The van der Waals surface area contributed by atoms with Crippen molar-refractivity contribution in [1.29, 1.82) is 0 Å². The molecule has 0 aromatic heterocycles. The lowest BCUT2D eigenvalue weighted by molar-refractivity contribution is -0.126. The van der Waals surface area contributed by atoms with Crippen molar-refractivity contribution in [2.45, 2.75) is 19.9 Å². The van der Waals surface area contributed by atoms with E-state index < -0.39 is 5.92 Å². The molecule has 0 bridgehead atoms. The molecule has 1 heterocycles. The summed E-state index contributed by atoms with van der Waals surface area (Å²) in [5.41, 5.74) is 2.27. The minimum Gasteiger partial charge on any atom is -0.497 e. The molecule has 3 amide bonds. The number of amides is 3. The van der Waals surface area contributed by atoms with Crippen LogP contribution in [0.5, 0.6) is 17.2 Å². The Morgan fingerprint density at radius 2 is 1.53 bits per heavy atom. The molecule has 0 unspecified atom stereocenters. The Hall–Kier alpha value is -4.53. The second-order valence-corrected chi connectivity index (χ2v) is 8.76. The third-order valence-corrected chi connectivity index (χ3v) is 6.09. The zero-order chi connectivity index (χ0) is 26.9. The molecule has 3 aromatic carbocycles. The van der Waals surface area contributed by atoms with E-state index >= 15 is 0 Å². The van der Waals surface area contributed by atoms with Crippen LogP contribution in [0.25, 0.3) is 0 Å². The monoisotopic (exact) mass is 517 g/mol. The Morgan fingerprint density at radius 1 is 0.895 bits per heavy atom. The Morgan fingerprint density at radius 3 is 2.18 bits per heavy atom. The van der Waals surface area contributed by atoms with E-state index in [-0.39, 0.29) is 30.7 Å². The van der Waals surface area contributed by atoms with Gasteiger partial charge in [-0.25, -0.2) is 0 Å². The van der Waals surface area contributed by atoms with E-state index in [1.807, 2.05) is 31.2 Å². The lowest BCUT2D eigenvalue weighted by atomic mass is 10.1. The van der Waals surface area contributed by atoms with Gasteiger partial charge in [0.05, 0.1) is 19.6 Å². The summed E-state index contributed by atoms with van der Waals surface area (Å²) in [7, 11) is 1.60. The highest BCUT2D eigenvalue weighted by Crippen LogP contribution is 2.27. The van der Waals surface area contributed by atoms with Crippen LogP contribution >= 0.6 is 0 Å². The van der Waals surface area contributed by atoms with Gasteiger partial charge >= 0.3 is 0 Å². The molecule has 9 heteroatoms. The standard InChI is InChI=1S/C29H31N3O6/c1-3-37-25-12-6-22(7-13-25)31-27(33)19-38-26-14-8-23(9-15-26)32-18-21(16-28(32)34)29(35)30-17-20-4-10-24(36-2)11-5-20/h4-15,21H,3,16-19H2,1-2H3,(H,30,35)(H,31,33)/t21-/m0/s1. The second kappa shape index (κ2) is 12.6. The predicted octanol–water partition coefficient (Wildman–Crippen LogP) is 3.78. The summed E-state index contributed by atoms with van der Waals surface area (Å²) in [4.78, 5) is 39.1. The highest BCUT2D eigenvalue weighted by molar-refractivity contribution is 6.00. The molecule has 1 aliphatic rings. The average molecular weight is 518 g/mol. The van der Waals surface area contributed by atoms with Crippen molar-refractivity contribution >= 4 is 29.1 Å². The Labute approximate surface area is 221 Å². The molecule has 4 rings (SSSR count). The summed E-state index contributed by atoms with van der Waals surface area (Å²) in [5, 5.41) is 5.68. The third kappa shape index (κ3) is 7.03. The summed E-state index contributed by atoms with van der Waals surface area (Å²) < 4.78 is 16.1. The fraction of sp³-hybridized carbons (Fsp3) is 0.276. The van der Waals surface area contributed by atoms with Crippen molar-refractivity contribution in [3.05, 3.63) is 78.4 Å². The molecule has 9 nitrogen and oxygen atoms in total. The van der Waals surface area contributed by atoms with Crippen molar-refractivity contribution in [1.82, 2.24) is 5.32 Å². The second-order valence-electron chi connectivity index (χ2n) is 8.76. The van der Waals surface area contributed by atoms with Crippen LogP contribution in [0, 0.1) is 5.92 Å². The summed E-state index contributed by atoms with van der Waals surface area (Å²) in [5.74, 6) is 0.989. The molecule has 0 spiro atoms. The van der Waals surface area contributed by atoms with Crippen molar-refractivity contribution in [3.8, 4) is 17.2 Å². The van der Waals surface area contributed by atoms with Crippen LogP contribution in [-0.4, -0.2) is 44.6 Å². The summed E-state index contributed by atoms with van der Waals surface area (Å²) in [6.07, 6.45) is 0.151. The van der Waals surface area contributed by atoms with Gasteiger partial charge in [-0.05, 0) is 73.2 Å². The molecule has 0 aliphatic carbocycles. The van der Waals surface area contributed by atoms with Crippen LogP contribution in [0.4, 0.5) is 11.4 Å². The maximum absolute atomic E-state index is 12.7. The molecule has 38 heavy (non-hydrogen) atoms. The van der Waals surface area contributed by atoms with Gasteiger partial charge in [-0.3, -0.25) is 14.4 Å². The van der Waals surface area contributed by atoms with Crippen molar-refractivity contribution < 1.29 is 28.6 Å². The number of methoxy groups -OCH3 is 1. The predicted molar refractivity (Wildman–Crippen MR) is 143 cm³/mol. The Bertz CT molecular complexity index is 1240. The number of nitrogens with zero attached hydrogens (tertiary/aromatic N) is 1. The van der Waals surface area contributed by atoms with Crippen molar-refractivity contribution in [3.63, 3.8) is 0 Å². The van der Waals surface area contributed by atoms with Crippen LogP contribution < -0.4 is 29.7 Å². The van der Waals surface area contributed by atoms with E-state index in [0.29, 0.717) is 36.8 Å². The number of rotatable bonds is 11. The first-order chi connectivity index (χ1) is 18.4. The van der Waals surface area contributed by atoms with Gasteiger partial charge in [0, 0.05) is 30.9 Å². The SMILES string of the molecule is CCOc1ccc(NC(=O)COc2ccc(N3C[C@@H](C(=O)NCc4ccc(OC)cc4)CC3=O)cc2)cc1. The van der Waals surface area contributed by atoms with Crippen LogP contribution in [0.3, 0.4) is 0 Å². The highest BCUT2D eigenvalue weighted by Gasteiger charge is 2.35. The quantitative estimate of drug-likeness (QED) is 0.401.